The van der Waals surface area contributed by atoms with Gasteiger partial charge in [-0.05, 0) is 35.4 Å². The summed E-state index contributed by atoms with van der Waals surface area (Å²) in [4.78, 5) is 12.6. The number of nitrogens with zero attached hydrogens (tertiary/aromatic N) is 3. The highest BCUT2D eigenvalue weighted by atomic mass is 19.1. The van der Waals surface area contributed by atoms with Gasteiger partial charge in [0.15, 0.2) is 17.4 Å². The average molecular weight is 378 g/mol. The molecule has 0 bridgehead atoms. The molecule has 0 unspecified atom stereocenters. The fraction of sp³-hybridized carbons (Fsp3) is 0.0952. The van der Waals surface area contributed by atoms with Crippen LogP contribution in [0.15, 0.2) is 60.0 Å². The fourth-order valence-electron chi connectivity index (χ4n) is 3.11. The molecular weight excluding hydrogens is 362 g/mol. The number of anilines is 1. The van der Waals surface area contributed by atoms with Crippen LogP contribution in [0.4, 0.5) is 14.6 Å². The Kier molecular flexibility index (Phi) is 4.57. The Bertz CT molecular complexity index is 1110. The number of benzene rings is 1. The molecule has 5 nitrogen and oxygen atoms in total. The van der Waals surface area contributed by atoms with Crippen LogP contribution in [0.5, 0.6) is 5.75 Å². The van der Waals surface area contributed by atoms with Gasteiger partial charge in [-0.15, -0.1) is 0 Å². The Balaban J connectivity index is 1.85. The predicted octanol–water partition coefficient (Wildman–Crippen LogP) is 4.11. The van der Waals surface area contributed by atoms with E-state index in [0.29, 0.717) is 29.1 Å². The van der Waals surface area contributed by atoms with Crippen LogP contribution in [0.25, 0.3) is 11.3 Å². The number of nitrogens with two attached hydrogens (primary N) is 1. The largest absolute Gasteiger partial charge is 0.493 e. The highest BCUT2D eigenvalue weighted by Crippen LogP contribution is 2.39. The highest BCUT2D eigenvalue weighted by Gasteiger charge is 2.24. The first-order valence-corrected chi connectivity index (χ1v) is 8.53. The number of hydrogen-bond acceptors (Lipinski definition) is 5. The number of hydrogen-bond donors (Lipinski definition) is 1. The second-order valence-corrected chi connectivity index (χ2v) is 6.24. The van der Waals surface area contributed by atoms with Crippen molar-refractivity contribution in [3.63, 3.8) is 0 Å². The number of halogens is 2. The molecule has 2 N–H and O–H groups in total. The molecule has 3 heterocycles. The second-order valence-electron chi connectivity index (χ2n) is 6.24. The van der Waals surface area contributed by atoms with Crippen molar-refractivity contribution in [3.05, 3.63) is 83.3 Å². The minimum absolute atomic E-state index is 0.265. The van der Waals surface area contributed by atoms with Crippen LogP contribution < -0.4 is 10.5 Å². The summed E-state index contributed by atoms with van der Waals surface area (Å²) in [5, 5.41) is 0. The van der Waals surface area contributed by atoms with Gasteiger partial charge in [0.25, 0.3) is 0 Å². The minimum atomic E-state index is -0.477. The molecule has 4 rings (SSSR count). The minimum Gasteiger partial charge on any atom is -0.493 e. The Morgan fingerprint density at radius 3 is 2.54 bits per heavy atom. The molecule has 2 aromatic heterocycles. The van der Waals surface area contributed by atoms with Crippen molar-refractivity contribution in [1.29, 1.82) is 0 Å². The Hall–Kier alpha value is -3.61. The van der Waals surface area contributed by atoms with E-state index in [2.05, 4.69) is 15.0 Å². The van der Waals surface area contributed by atoms with Crippen LogP contribution in [0.3, 0.4) is 0 Å². The van der Waals surface area contributed by atoms with Gasteiger partial charge in [0, 0.05) is 29.9 Å². The molecule has 3 aromatic rings. The molecule has 0 atom stereocenters. The lowest BCUT2D eigenvalue weighted by Gasteiger charge is -2.10. The summed E-state index contributed by atoms with van der Waals surface area (Å²) in [6, 6.07) is 9.37. The zero-order valence-corrected chi connectivity index (χ0v) is 15.0. The van der Waals surface area contributed by atoms with E-state index in [1.165, 1.54) is 25.4 Å². The van der Waals surface area contributed by atoms with Gasteiger partial charge in [-0.3, -0.25) is 9.98 Å². The van der Waals surface area contributed by atoms with E-state index in [1.807, 2.05) is 0 Å². The lowest BCUT2D eigenvalue weighted by atomic mass is 9.97. The third kappa shape index (κ3) is 3.22. The lowest BCUT2D eigenvalue weighted by molar-refractivity contribution is 0.415. The van der Waals surface area contributed by atoms with E-state index < -0.39 is 5.82 Å². The lowest BCUT2D eigenvalue weighted by Crippen LogP contribution is -2.00. The van der Waals surface area contributed by atoms with Gasteiger partial charge in [0.05, 0.1) is 24.7 Å². The van der Waals surface area contributed by atoms with Gasteiger partial charge in [-0.1, -0.05) is 12.1 Å². The topological polar surface area (TPSA) is 73.4 Å². The molecule has 1 aromatic carbocycles. The number of ether oxygens (including phenoxy) is 1. The van der Waals surface area contributed by atoms with Gasteiger partial charge >= 0.3 is 0 Å². The molecule has 140 valence electrons. The summed E-state index contributed by atoms with van der Waals surface area (Å²) in [6.07, 6.45) is 4.69. The first-order valence-electron chi connectivity index (χ1n) is 8.53. The second kappa shape index (κ2) is 7.19. The van der Waals surface area contributed by atoms with E-state index in [9.17, 15) is 8.78 Å². The van der Waals surface area contributed by atoms with Crippen molar-refractivity contribution in [2.75, 3.05) is 12.8 Å². The van der Waals surface area contributed by atoms with Gasteiger partial charge < -0.3 is 10.5 Å². The molecule has 0 fully saturated rings. The van der Waals surface area contributed by atoms with Crippen LogP contribution in [0.2, 0.25) is 0 Å². The average Bonchev–Trinajstić information content (AvgIpc) is 3.14. The summed E-state index contributed by atoms with van der Waals surface area (Å²) in [5.41, 5.74) is 9.59. The monoisotopic (exact) mass is 378 g/mol. The number of aliphatic imine (C=N–C) groups is 1. The zero-order valence-electron chi connectivity index (χ0n) is 15.0. The molecule has 1 aliphatic heterocycles. The summed E-state index contributed by atoms with van der Waals surface area (Å²) < 4.78 is 33.0. The standard InChI is InChI=1S/C21H16F2N4O/c1-28-19-8-13(10-26-21(19)24)16-9-18(12-2-4-14(22)5-3-12)27-20(16)15-6-7-25-11-17(15)23/h2-8,10-11H,9H2,1H3,(H2,24,26). The Morgan fingerprint density at radius 1 is 1.04 bits per heavy atom. The molecule has 0 aliphatic carbocycles. The molecule has 1 aliphatic rings. The maximum atomic E-state index is 14.4. The summed E-state index contributed by atoms with van der Waals surface area (Å²) >= 11 is 0. The van der Waals surface area contributed by atoms with E-state index in [4.69, 9.17) is 10.5 Å². The predicted molar refractivity (Wildman–Crippen MR) is 104 cm³/mol. The van der Waals surface area contributed by atoms with E-state index >= 15 is 0 Å². The van der Waals surface area contributed by atoms with Crippen molar-refractivity contribution in [3.8, 4) is 5.75 Å². The number of nitrogen functional groups attached to an aromatic ring is 1. The normalized spacial score (nSPS) is 13.6. The summed E-state index contributed by atoms with van der Waals surface area (Å²) in [6.45, 7) is 0. The van der Waals surface area contributed by atoms with Crippen LogP contribution in [-0.4, -0.2) is 22.8 Å². The summed E-state index contributed by atoms with van der Waals surface area (Å²) in [5.74, 6) is -0.117. The first-order chi connectivity index (χ1) is 13.6. The number of pyridine rings is 2. The number of methoxy groups -OCH3 is 1. The van der Waals surface area contributed by atoms with Gasteiger partial charge in [0.2, 0.25) is 0 Å². The number of allylic oxidation sites excluding steroid dienone is 1. The van der Waals surface area contributed by atoms with Crippen LogP contribution in [0.1, 0.15) is 23.1 Å². The molecule has 7 heteroatoms. The van der Waals surface area contributed by atoms with E-state index in [-0.39, 0.29) is 11.6 Å². The SMILES string of the molecule is COc1cc(C2=C(c3ccncc3F)N=C(c3ccc(F)cc3)C2)cnc1N. The molecule has 0 spiro atoms. The van der Waals surface area contributed by atoms with Gasteiger partial charge in [-0.2, -0.15) is 0 Å². The fourth-order valence-corrected chi connectivity index (χ4v) is 3.11. The Labute approximate surface area is 160 Å². The van der Waals surface area contributed by atoms with Crippen molar-refractivity contribution < 1.29 is 13.5 Å². The number of aromatic nitrogens is 2. The van der Waals surface area contributed by atoms with Gasteiger partial charge in [0.1, 0.15) is 5.82 Å². The Morgan fingerprint density at radius 2 is 1.82 bits per heavy atom. The first kappa shape index (κ1) is 17.8. The van der Waals surface area contributed by atoms with Crippen molar-refractivity contribution in [2.45, 2.75) is 6.42 Å². The van der Waals surface area contributed by atoms with Gasteiger partial charge in [-0.25, -0.2) is 13.8 Å². The third-order valence-electron chi connectivity index (χ3n) is 4.53. The van der Waals surface area contributed by atoms with E-state index in [0.717, 1.165) is 22.9 Å². The van der Waals surface area contributed by atoms with Crippen molar-refractivity contribution in [2.24, 2.45) is 4.99 Å². The quantitative estimate of drug-likeness (QED) is 0.742. The van der Waals surface area contributed by atoms with Crippen molar-refractivity contribution in [1.82, 2.24) is 9.97 Å². The highest BCUT2D eigenvalue weighted by molar-refractivity contribution is 6.16. The van der Waals surface area contributed by atoms with Crippen LogP contribution >= 0.6 is 0 Å². The molecule has 0 amide bonds. The molecule has 0 saturated heterocycles. The maximum absolute atomic E-state index is 14.4. The van der Waals surface area contributed by atoms with Crippen LogP contribution in [-0.2, 0) is 0 Å². The zero-order chi connectivity index (χ0) is 19.7. The molecular formula is C21H16F2N4O. The third-order valence-corrected chi connectivity index (χ3v) is 4.53. The van der Waals surface area contributed by atoms with Crippen molar-refractivity contribution >= 4 is 22.8 Å². The molecule has 0 radical (unpaired) electrons. The molecule has 0 saturated carbocycles. The number of rotatable bonds is 4. The molecule has 28 heavy (non-hydrogen) atoms. The van der Waals surface area contributed by atoms with Crippen LogP contribution in [0, 0.1) is 11.6 Å². The summed E-state index contributed by atoms with van der Waals surface area (Å²) in [7, 11) is 1.50. The maximum Gasteiger partial charge on any atom is 0.166 e. The van der Waals surface area contributed by atoms with E-state index in [1.54, 1.807) is 30.5 Å². The smallest absolute Gasteiger partial charge is 0.166 e.